The highest BCUT2D eigenvalue weighted by Gasteiger charge is 2.15. The van der Waals surface area contributed by atoms with E-state index in [0.29, 0.717) is 23.8 Å². The van der Waals surface area contributed by atoms with Gasteiger partial charge in [0.05, 0.1) is 20.8 Å². The van der Waals surface area contributed by atoms with E-state index in [1.807, 2.05) is 71.4 Å². The lowest BCUT2D eigenvalue weighted by atomic mass is 10.1. The molecule has 30 heavy (non-hydrogen) atoms. The van der Waals surface area contributed by atoms with E-state index >= 15 is 0 Å². The maximum atomic E-state index is 11.3. The second-order valence-electron chi connectivity index (χ2n) is 6.74. The van der Waals surface area contributed by atoms with E-state index in [4.69, 9.17) is 19.6 Å². The lowest BCUT2D eigenvalue weighted by Gasteiger charge is -2.08. The van der Waals surface area contributed by atoms with Crippen molar-refractivity contribution in [1.82, 2.24) is 14.8 Å². The van der Waals surface area contributed by atoms with Crippen molar-refractivity contribution in [3.05, 3.63) is 83.9 Å². The van der Waals surface area contributed by atoms with Gasteiger partial charge in [0.25, 0.3) is 0 Å². The molecule has 150 valence electrons. The Bertz CT molecular complexity index is 1170. The molecule has 0 spiro atoms. The molecule has 3 aromatic carbocycles. The Hall–Kier alpha value is -3.93. The van der Waals surface area contributed by atoms with Gasteiger partial charge in [-0.25, -0.2) is 9.67 Å². The van der Waals surface area contributed by atoms with Crippen molar-refractivity contribution in [2.45, 2.75) is 6.54 Å². The van der Waals surface area contributed by atoms with Crippen LogP contribution in [-0.4, -0.2) is 35.3 Å². The summed E-state index contributed by atoms with van der Waals surface area (Å²) in [4.78, 5) is 16.0. The van der Waals surface area contributed by atoms with E-state index in [9.17, 15) is 4.79 Å². The lowest BCUT2D eigenvalue weighted by Crippen LogP contribution is -2.04. The summed E-state index contributed by atoms with van der Waals surface area (Å²) in [6.07, 6.45) is 0.830. The third-order valence-corrected chi connectivity index (χ3v) is 4.77. The number of hydrogen-bond donors (Lipinski definition) is 0. The van der Waals surface area contributed by atoms with Crippen LogP contribution in [0.1, 0.15) is 15.9 Å². The molecule has 1 aromatic heterocycles. The van der Waals surface area contributed by atoms with Crippen LogP contribution in [0.4, 0.5) is 0 Å². The number of benzene rings is 3. The Kier molecular flexibility index (Phi) is 5.57. The van der Waals surface area contributed by atoms with Crippen molar-refractivity contribution in [2.75, 3.05) is 14.2 Å². The van der Waals surface area contributed by atoms with Gasteiger partial charge in [0.2, 0.25) is 0 Å². The summed E-state index contributed by atoms with van der Waals surface area (Å²) in [7, 11) is 3.28. The summed E-state index contributed by atoms with van der Waals surface area (Å²) >= 11 is 0. The molecule has 0 aliphatic rings. The van der Waals surface area contributed by atoms with Crippen molar-refractivity contribution < 1.29 is 14.3 Å². The van der Waals surface area contributed by atoms with E-state index < -0.39 is 0 Å². The molecule has 0 unspecified atom stereocenters. The number of nitrogens with zero attached hydrogens (tertiary/aromatic N) is 3. The zero-order valence-corrected chi connectivity index (χ0v) is 16.8. The number of aldehydes is 1. The number of hydrogen-bond acceptors (Lipinski definition) is 5. The van der Waals surface area contributed by atoms with Crippen LogP contribution >= 0.6 is 0 Å². The van der Waals surface area contributed by atoms with Crippen molar-refractivity contribution in [3.8, 4) is 34.3 Å². The predicted octanol–water partition coefficient (Wildman–Crippen LogP) is 4.49. The number of methoxy groups -OCH3 is 2. The topological polar surface area (TPSA) is 66.2 Å². The molecule has 1 heterocycles. The van der Waals surface area contributed by atoms with Crippen molar-refractivity contribution in [2.24, 2.45) is 0 Å². The van der Waals surface area contributed by atoms with E-state index in [1.165, 1.54) is 0 Å². The Morgan fingerprint density at radius 3 is 2.37 bits per heavy atom. The zero-order valence-electron chi connectivity index (χ0n) is 16.8. The second kappa shape index (κ2) is 8.61. The predicted molar refractivity (Wildman–Crippen MR) is 115 cm³/mol. The van der Waals surface area contributed by atoms with Gasteiger partial charge >= 0.3 is 0 Å². The number of carbonyl (C=O) groups is 1. The maximum Gasteiger partial charge on any atom is 0.181 e. The Balaban J connectivity index is 1.78. The highest BCUT2D eigenvalue weighted by Crippen LogP contribution is 2.26. The van der Waals surface area contributed by atoms with E-state index in [-0.39, 0.29) is 0 Å². The fourth-order valence-corrected chi connectivity index (χ4v) is 3.22. The summed E-state index contributed by atoms with van der Waals surface area (Å²) in [6, 6.07) is 22.8. The second-order valence-corrected chi connectivity index (χ2v) is 6.74. The van der Waals surface area contributed by atoms with Crippen LogP contribution in [0.5, 0.6) is 11.5 Å². The van der Waals surface area contributed by atoms with E-state index in [1.54, 1.807) is 20.3 Å². The monoisotopic (exact) mass is 399 g/mol. The van der Waals surface area contributed by atoms with E-state index in [2.05, 4.69) is 0 Å². The highest BCUT2D eigenvalue weighted by molar-refractivity contribution is 5.78. The van der Waals surface area contributed by atoms with Crippen LogP contribution in [-0.2, 0) is 6.54 Å². The molecule has 0 atom stereocenters. The minimum atomic E-state index is 0.515. The normalized spacial score (nSPS) is 10.6. The third-order valence-electron chi connectivity index (χ3n) is 4.77. The van der Waals surface area contributed by atoms with Crippen LogP contribution in [0.15, 0.2) is 72.8 Å². The molecule has 0 aliphatic carbocycles. The maximum absolute atomic E-state index is 11.3. The van der Waals surface area contributed by atoms with Gasteiger partial charge in [0.15, 0.2) is 11.6 Å². The first kappa shape index (κ1) is 19.4. The van der Waals surface area contributed by atoms with Gasteiger partial charge in [-0.15, -0.1) is 0 Å². The number of carbonyl (C=O) groups excluding carboxylic acids is 1. The first-order valence-corrected chi connectivity index (χ1v) is 9.48. The molecule has 0 N–H and O–H groups in total. The molecule has 6 heteroatoms. The average Bonchev–Trinajstić information content (AvgIpc) is 3.23. The molecule has 0 aliphatic heterocycles. The molecular weight excluding hydrogens is 378 g/mol. The average molecular weight is 399 g/mol. The fourth-order valence-electron chi connectivity index (χ4n) is 3.22. The van der Waals surface area contributed by atoms with Gasteiger partial charge in [-0.2, -0.15) is 5.10 Å². The van der Waals surface area contributed by atoms with Crippen LogP contribution < -0.4 is 9.47 Å². The van der Waals surface area contributed by atoms with Gasteiger partial charge in [-0.05, 0) is 48.0 Å². The van der Waals surface area contributed by atoms with Crippen LogP contribution in [0.2, 0.25) is 0 Å². The molecule has 4 aromatic rings. The summed E-state index contributed by atoms with van der Waals surface area (Å²) in [5.41, 5.74) is 3.34. The Labute approximate surface area is 174 Å². The molecular formula is C24H21N3O3. The van der Waals surface area contributed by atoms with Crippen molar-refractivity contribution >= 4 is 6.29 Å². The number of ether oxygens (including phenoxy) is 2. The van der Waals surface area contributed by atoms with Gasteiger partial charge in [-0.3, -0.25) is 4.79 Å². The summed E-state index contributed by atoms with van der Waals surface area (Å²) in [5, 5.41) is 4.75. The summed E-state index contributed by atoms with van der Waals surface area (Å²) in [6.45, 7) is 0.515. The summed E-state index contributed by atoms with van der Waals surface area (Å²) < 4.78 is 12.4. The Morgan fingerprint density at radius 1 is 0.867 bits per heavy atom. The largest absolute Gasteiger partial charge is 0.497 e. The number of aromatic nitrogens is 3. The number of rotatable bonds is 7. The highest BCUT2D eigenvalue weighted by atomic mass is 16.5. The minimum absolute atomic E-state index is 0.515. The molecule has 4 rings (SSSR count). The quantitative estimate of drug-likeness (QED) is 0.429. The first-order chi connectivity index (χ1) is 14.7. The van der Waals surface area contributed by atoms with Crippen LogP contribution in [0.25, 0.3) is 22.8 Å². The van der Waals surface area contributed by atoms with Crippen LogP contribution in [0.3, 0.4) is 0 Å². The van der Waals surface area contributed by atoms with Gasteiger partial charge < -0.3 is 9.47 Å². The molecule has 0 amide bonds. The molecule has 0 bridgehead atoms. The molecule has 0 radical (unpaired) electrons. The fraction of sp³-hybridized carbons (Fsp3) is 0.125. The molecule has 6 nitrogen and oxygen atoms in total. The van der Waals surface area contributed by atoms with Gasteiger partial charge in [0, 0.05) is 16.7 Å². The third kappa shape index (κ3) is 4.07. The first-order valence-electron chi connectivity index (χ1n) is 9.48. The van der Waals surface area contributed by atoms with Crippen LogP contribution in [0, 0.1) is 0 Å². The van der Waals surface area contributed by atoms with Crippen molar-refractivity contribution in [1.29, 1.82) is 0 Å². The van der Waals surface area contributed by atoms with Gasteiger partial charge in [-0.1, -0.05) is 30.3 Å². The Morgan fingerprint density at radius 2 is 1.63 bits per heavy atom. The minimum Gasteiger partial charge on any atom is -0.497 e. The SMILES string of the molecule is COc1ccc(-c2nc(-c3cccc(C=O)c3)n(Cc3cccc(OC)c3)n2)cc1. The van der Waals surface area contributed by atoms with E-state index in [0.717, 1.165) is 34.5 Å². The lowest BCUT2D eigenvalue weighted by molar-refractivity contribution is 0.112. The smallest absolute Gasteiger partial charge is 0.181 e. The molecule has 0 saturated carbocycles. The summed E-state index contributed by atoms with van der Waals surface area (Å²) in [5.74, 6) is 2.85. The standard InChI is InChI=1S/C24H21N3O3/c1-29-21-11-9-19(10-12-21)23-25-24(20-7-3-6-18(13-20)16-28)27(26-23)15-17-5-4-8-22(14-17)30-2/h3-14,16H,15H2,1-2H3. The molecule has 0 saturated heterocycles. The van der Waals surface area contributed by atoms with Crippen molar-refractivity contribution in [3.63, 3.8) is 0 Å². The molecule has 0 fully saturated rings. The van der Waals surface area contributed by atoms with Gasteiger partial charge in [0.1, 0.15) is 17.8 Å². The zero-order chi connectivity index (χ0) is 20.9.